The van der Waals surface area contributed by atoms with Crippen LogP contribution < -0.4 is 11.5 Å². The van der Waals surface area contributed by atoms with Gasteiger partial charge in [0.1, 0.15) is 0 Å². The maximum Gasteiger partial charge on any atom is 0.253 e. The molecule has 0 saturated heterocycles. The van der Waals surface area contributed by atoms with Crippen LogP contribution in [0.15, 0.2) is 12.2 Å². The first-order valence-electron chi connectivity index (χ1n) is 17.6. The van der Waals surface area contributed by atoms with Crippen molar-refractivity contribution < 1.29 is 61.9 Å². The van der Waals surface area contributed by atoms with E-state index in [9.17, 15) is 24.0 Å². The number of amides is 5. The Balaban J connectivity index is 0.00000464. The molecule has 0 aromatic carbocycles. The lowest BCUT2D eigenvalue weighted by Crippen LogP contribution is -2.40. The van der Waals surface area contributed by atoms with Gasteiger partial charge in [-0.3, -0.25) is 28.9 Å². The SMILES string of the molecule is CCC(C)C.NC(=O)CCOCCOCCOCCOCCN(CCOCCOCCOCCOCCC(N)=O)C(=O)CCN1C(=O)C=CC1=O. The molecule has 0 fully saturated rings. The van der Waals surface area contributed by atoms with Gasteiger partial charge in [-0.25, -0.2) is 0 Å². The van der Waals surface area contributed by atoms with Crippen molar-refractivity contribution in [2.24, 2.45) is 17.4 Å². The summed E-state index contributed by atoms with van der Waals surface area (Å²) >= 11 is 0. The summed E-state index contributed by atoms with van der Waals surface area (Å²) in [6, 6.07) is 0. The van der Waals surface area contributed by atoms with Crippen LogP contribution in [0.3, 0.4) is 0 Å². The third-order valence-corrected chi connectivity index (χ3v) is 6.85. The maximum atomic E-state index is 12.9. The first-order valence-corrected chi connectivity index (χ1v) is 17.6. The fourth-order valence-corrected chi connectivity index (χ4v) is 3.60. The van der Waals surface area contributed by atoms with E-state index in [0.29, 0.717) is 92.4 Å². The van der Waals surface area contributed by atoms with E-state index in [0.717, 1.165) is 10.8 Å². The van der Waals surface area contributed by atoms with Gasteiger partial charge in [0.25, 0.3) is 11.8 Å². The Morgan fingerprint density at radius 2 is 0.863 bits per heavy atom. The molecule has 51 heavy (non-hydrogen) atoms. The van der Waals surface area contributed by atoms with Crippen molar-refractivity contribution >= 4 is 29.5 Å². The van der Waals surface area contributed by atoms with Crippen molar-refractivity contribution in [1.82, 2.24) is 9.80 Å². The lowest BCUT2D eigenvalue weighted by atomic mass is 10.2. The van der Waals surface area contributed by atoms with Crippen molar-refractivity contribution in [2.45, 2.75) is 46.5 Å². The molecule has 1 aliphatic heterocycles. The number of primary amides is 2. The number of hydrogen-bond acceptors (Lipinski definition) is 13. The fourth-order valence-electron chi connectivity index (χ4n) is 3.60. The van der Waals surface area contributed by atoms with Crippen LogP contribution in [-0.2, 0) is 61.9 Å². The van der Waals surface area contributed by atoms with Crippen molar-refractivity contribution in [3.05, 3.63) is 12.2 Å². The molecule has 17 heteroatoms. The number of nitrogens with zero attached hydrogens (tertiary/aromatic N) is 2. The summed E-state index contributed by atoms with van der Waals surface area (Å²) in [6.07, 6.45) is 4.01. The van der Waals surface area contributed by atoms with Crippen LogP contribution in [-0.4, -0.2) is 165 Å². The number of rotatable bonds is 34. The highest BCUT2D eigenvalue weighted by molar-refractivity contribution is 6.13. The van der Waals surface area contributed by atoms with Crippen LogP contribution in [0.25, 0.3) is 0 Å². The average Bonchev–Trinajstić information content (AvgIpc) is 3.42. The quantitative estimate of drug-likeness (QED) is 0.0662. The van der Waals surface area contributed by atoms with Crippen LogP contribution in [0.4, 0.5) is 0 Å². The standard InChI is InChI=1S/C29H50N4O13.C5H12/c30-25(34)4-9-39-13-17-43-21-23-45-19-15-41-11-7-32(27(36)3-6-33-28(37)1-2-29(33)38)8-12-42-16-20-46-24-22-44-18-14-40-10-5-26(31)35;1-4-5(2)3/h1-2H,3-24H2,(H2,30,34)(H2,31,35);5H,4H2,1-3H3. The Hall–Kier alpha value is -3.03. The van der Waals surface area contributed by atoms with Gasteiger partial charge >= 0.3 is 0 Å². The Kier molecular flexibility index (Phi) is 32.1. The third-order valence-electron chi connectivity index (χ3n) is 6.85. The molecule has 296 valence electrons. The molecular formula is C34H62N4O13. The molecular weight excluding hydrogens is 672 g/mol. The highest BCUT2D eigenvalue weighted by Crippen LogP contribution is 2.06. The monoisotopic (exact) mass is 734 g/mol. The summed E-state index contributed by atoms with van der Waals surface area (Å²) in [7, 11) is 0. The number of hydrogen-bond donors (Lipinski definition) is 2. The molecule has 1 rings (SSSR count). The number of carbonyl (C=O) groups is 5. The second-order valence-corrected chi connectivity index (χ2v) is 11.4. The zero-order chi connectivity index (χ0) is 38.0. The van der Waals surface area contributed by atoms with Gasteiger partial charge in [-0.05, 0) is 5.92 Å². The normalized spacial score (nSPS) is 12.4. The topological polar surface area (TPSA) is 218 Å². The van der Waals surface area contributed by atoms with Gasteiger partial charge in [-0.2, -0.15) is 0 Å². The molecule has 1 aliphatic rings. The first kappa shape index (κ1) is 48.0. The van der Waals surface area contributed by atoms with E-state index >= 15 is 0 Å². The molecule has 17 nitrogen and oxygen atoms in total. The van der Waals surface area contributed by atoms with E-state index in [2.05, 4.69) is 20.8 Å². The Morgan fingerprint density at radius 3 is 1.16 bits per heavy atom. The summed E-state index contributed by atoms with van der Waals surface area (Å²) in [5.74, 6) is -1.05. The van der Waals surface area contributed by atoms with E-state index < -0.39 is 23.6 Å². The minimum absolute atomic E-state index is 0.00741. The molecule has 1 heterocycles. The molecule has 5 amide bonds. The molecule has 0 aromatic heterocycles. The van der Waals surface area contributed by atoms with Gasteiger partial charge in [0, 0.05) is 51.0 Å². The second-order valence-electron chi connectivity index (χ2n) is 11.4. The van der Waals surface area contributed by atoms with Gasteiger partial charge in [-0.15, -0.1) is 0 Å². The van der Waals surface area contributed by atoms with Crippen LogP contribution in [0.1, 0.15) is 46.5 Å². The molecule has 0 unspecified atom stereocenters. The van der Waals surface area contributed by atoms with Gasteiger partial charge in [-0.1, -0.05) is 27.2 Å². The summed E-state index contributed by atoms with van der Waals surface area (Å²) in [5, 5.41) is 0. The molecule has 0 atom stereocenters. The lowest BCUT2D eigenvalue weighted by Gasteiger charge is -2.24. The van der Waals surface area contributed by atoms with Gasteiger partial charge in [0.15, 0.2) is 0 Å². The molecule has 4 N–H and O–H groups in total. The third kappa shape index (κ3) is 31.4. The molecule has 0 aromatic rings. The van der Waals surface area contributed by atoms with E-state index in [1.165, 1.54) is 18.6 Å². The molecule has 0 radical (unpaired) electrons. The van der Waals surface area contributed by atoms with Crippen molar-refractivity contribution in [3.8, 4) is 0 Å². The van der Waals surface area contributed by atoms with Crippen molar-refractivity contribution in [2.75, 3.05) is 125 Å². The van der Waals surface area contributed by atoms with Crippen LogP contribution in [0.2, 0.25) is 0 Å². The minimum Gasteiger partial charge on any atom is -0.379 e. The van der Waals surface area contributed by atoms with Crippen molar-refractivity contribution in [1.29, 1.82) is 0 Å². The van der Waals surface area contributed by atoms with Gasteiger partial charge in [0.2, 0.25) is 17.7 Å². The van der Waals surface area contributed by atoms with Crippen LogP contribution in [0, 0.1) is 5.92 Å². The summed E-state index contributed by atoms with van der Waals surface area (Å²) in [5.41, 5.74) is 10.1. The summed E-state index contributed by atoms with van der Waals surface area (Å²) < 4.78 is 43.2. The highest BCUT2D eigenvalue weighted by Gasteiger charge is 2.24. The highest BCUT2D eigenvalue weighted by atomic mass is 16.6. The predicted octanol–water partition coefficient (Wildman–Crippen LogP) is 0.0661. The summed E-state index contributed by atoms with van der Waals surface area (Å²) in [6.45, 7) is 12.6. The summed E-state index contributed by atoms with van der Waals surface area (Å²) in [4.78, 5) is 60.3. The van der Waals surface area contributed by atoms with E-state index in [-0.39, 0.29) is 58.1 Å². The number of carbonyl (C=O) groups excluding carboxylic acids is 5. The fraction of sp³-hybridized carbons (Fsp3) is 0.794. The minimum atomic E-state index is -0.436. The number of imide groups is 1. The van der Waals surface area contributed by atoms with Crippen molar-refractivity contribution in [3.63, 3.8) is 0 Å². The van der Waals surface area contributed by atoms with E-state index in [4.69, 9.17) is 49.4 Å². The number of ether oxygens (including phenoxy) is 8. The smallest absolute Gasteiger partial charge is 0.253 e. The Labute approximate surface area is 302 Å². The largest absolute Gasteiger partial charge is 0.379 e. The zero-order valence-corrected chi connectivity index (χ0v) is 30.9. The lowest BCUT2D eigenvalue weighted by molar-refractivity contribution is -0.138. The van der Waals surface area contributed by atoms with Gasteiger partial charge < -0.3 is 54.3 Å². The zero-order valence-electron chi connectivity index (χ0n) is 30.9. The average molecular weight is 735 g/mol. The maximum absolute atomic E-state index is 12.9. The van der Waals surface area contributed by atoms with Gasteiger partial charge in [0.05, 0.1) is 106 Å². The van der Waals surface area contributed by atoms with Crippen LogP contribution >= 0.6 is 0 Å². The number of nitrogens with two attached hydrogens (primary N) is 2. The van der Waals surface area contributed by atoms with E-state index in [1.54, 1.807) is 4.90 Å². The Bertz CT molecular complexity index is 909. The predicted molar refractivity (Wildman–Crippen MR) is 186 cm³/mol. The molecule has 0 aliphatic carbocycles. The van der Waals surface area contributed by atoms with Crippen LogP contribution in [0.5, 0.6) is 0 Å². The van der Waals surface area contributed by atoms with E-state index in [1.807, 2.05) is 0 Å². The molecule has 0 saturated carbocycles. The second kappa shape index (κ2) is 34.1. The Morgan fingerprint density at radius 1 is 0.569 bits per heavy atom. The molecule has 0 spiro atoms. The first-order chi connectivity index (χ1) is 24.6. The molecule has 0 bridgehead atoms.